The maximum Gasteiger partial charge on any atom is 0.213 e. The van der Waals surface area contributed by atoms with E-state index in [1.54, 1.807) is 7.11 Å². The molecule has 1 aromatic rings. The zero-order valence-corrected chi connectivity index (χ0v) is 10.1. The molecule has 1 unspecified atom stereocenters. The van der Waals surface area contributed by atoms with Crippen LogP contribution in [-0.4, -0.2) is 23.4 Å². The Kier molecular flexibility index (Phi) is 2.89. The predicted molar refractivity (Wildman–Crippen MR) is 63.2 cm³/mol. The van der Waals surface area contributed by atoms with Crippen molar-refractivity contribution in [2.24, 2.45) is 0 Å². The van der Waals surface area contributed by atoms with Crippen LogP contribution in [-0.2, 0) is 0 Å². The van der Waals surface area contributed by atoms with Crippen LogP contribution in [0.2, 0.25) is 0 Å². The maximum absolute atomic E-state index is 5.12. The van der Waals surface area contributed by atoms with E-state index in [0.29, 0.717) is 5.88 Å². The first kappa shape index (κ1) is 10.8. The summed E-state index contributed by atoms with van der Waals surface area (Å²) in [6.45, 7) is 4.42. The van der Waals surface area contributed by atoms with Crippen molar-refractivity contribution >= 4 is 11.8 Å². The Labute approximate surface area is 94.6 Å². The zero-order chi connectivity index (χ0) is 10.9. The van der Waals surface area contributed by atoms with Gasteiger partial charge in [0.1, 0.15) is 0 Å². The summed E-state index contributed by atoms with van der Waals surface area (Å²) in [5.41, 5.74) is 1.24. The van der Waals surface area contributed by atoms with Gasteiger partial charge in [0.05, 0.1) is 18.2 Å². The Bertz CT molecular complexity index is 354. The topological polar surface area (TPSA) is 34.1 Å². The van der Waals surface area contributed by atoms with Gasteiger partial charge in [0.15, 0.2) is 0 Å². The lowest BCUT2D eigenvalue weighted by molar-refractivity contribution is 0.393. The molecule has 0 amide bonds. The number of aromatic nitrogens is 1. The number of rotatable bonds is 2. The minimum Gasteiger partial charge on any atom is -0.481 e. The molecular weight excluding hydrogens is 208 g/mol. The van der Waals surface area contributed by atoms with E-state index in [9.17, 15) is 0 Å². The molecule has 0 radical (unpaired) electrons. The molecule has 0 aliphatic carbocycles. The minimum atomic E-state index is 0.195. The van der Waals surface area contributed by atoms with Gasteiger partial charge in [0.25, 0.3) is 0 Å². The van der Waals surface area contributed by atoms with Gasteiger partial charge in [0, 0.05) is 17.4 Å². The van der Waals surface area contributed by atoms with E-state index in [1.807, 2.05) is 30.0 Å². The fraction of sp³-hybridized carbons (Fsp3) is 0.545. The van der Waals surface area contributed by atoms with Crippen molar-refractivity contribution in [1.29, 1.82) is 0 Å². The van der Waals surface area contributed by atoms with Crippen LogP contribution in [0.5, 0.6) is 5.88 Å². The Morgan fingerprint density at radius 3 is 2.93 bits per heavy atom. The number of hydrogen-bond acceptors (Lipinski definition) is 4. The van der Waals surface area contributed by atoms with E-state index < -0.39 is 0 Å². The zero-order valence-electron chi connectivity index (χ0n) is 9.28. The van der Waals surface area contributed by atoms with Gasteiger partial charge in [-0.15, -0.1) is 11.8 Å². The van der Waals surface area contributed by atoms with E-state index in [1.165, 1.54) is 0 Å². The molecule has 1 aliphatic heterocycles. The second-order valence-corrected chi connectivity index (χ2v) is 5.42. The quantitative estimate of drug-likeness (QED) is 0.835. The highest BCUT2D eigenvalue weighted by molar-refractivity contribution is 7.99. The maximum atomic E-state index is 5.12. The lowest BCUT2D eigenvalue weighted by Gasteiger charge is -2.18. The van der Waals surface area contributed by atoms with Gasteiger partial charge in [-0.3, -0.25) is 5.32 Å². The highest BCUT2D eigenvalue weighted by atomic mass is 32.2. The standard InChI is InChI=1S/C11H16N2OS/c1-11(2)7-15-10(13-11)8-5-4-6-9(12-8)14-3/h4-6,10,13H,7H2,1-3H3. The predicted octanol–water partition coefficient (Wildman–Crippen LogP) is 2.20. The number of pyridine rings is 1. The highest BCUT2D eigenvalue weighted by Crippen LogP contribution is 2.36. The van der Waals surface area contributed by atoms with E-state index in [-0.39, 0.29) is 10.9 Å². The number of thioether (sulfide) groups is 1. The second kappa shape index (κ2) is 4.02. The molecule has 0 aromatic carbocycles. The molecule has 1 atom stereocenters. The van der Waals surface area contributed by atoms with Crippen LogP contribution < -0.4 is 10.1 Å². The average Bonchev–Trinajstić information content (AvgIpc) is 2.59. The van der Waals surface area contributed by atoms with Crippen LogP contribution in [0.15, 0.2) is 18.2 Å². The molecule has 1 saturated heterocycles. The molecule has 15 heavy (non-hydrogen) atoms. The summed E-state index contributed by atoms with van der Waals surface area (Å²) >= 11 is 1.89. The fourth-order valence-electron chi connectivity index (χ4n) is 1.58. The SMILES string of the molecule is COc1cccc(C2NC(C)(C)CS2)n1. The summed E-state index contributed by atoms with van der Waals surface area (Å²) in [4.78, 5) is 4.43. The van der Waals surface area contributed by atoms with Crippen LogP contribution in [0, 0.1) is 0 Å². The highest BCUT2D eigenvalue weighted by Gasteiger charge is 2.32. The van der Waals surface area contributed by atoms with E-state index in [2.05, 4.69) is 24.1 Å². The molecule has 2 heterocycles. The van der Waals surface area contributed by atoms with Gasteiger partial charge < -0.3 is 4.74 Å². The van der Waals surface area contributed by atoms with Crippen molar-refractivity contribution in [1.82, 2.24) is 10.3 Å². The third-order valence-corrected chi connectivity index (χ3v) is 3.94. The van der Waals surface area contributed by atoms with E-state index in [0.717, 1.165) is 11.4 Å². The van der Waals surface area contributed by atoms with Gasteiger partial charge in [-0.05, 0) is 19.9 Å². The first-order chi connectivity index (χ1) is 7.11. The molecule has 0 saturated carbocycles. The largest absolute Gasteiger partial charge is 0.481 e. The monoisotopic (exact) mass is 224 g/mol. The molecule has 1 aromatic heterocycles. The molecular formula is C11H16N2OS. The number of ether oxygens (including phenoxy) is 1. The summed E-state index contributed by atoms with van der Waals surface area (Å²) in [6.07, 6.45) is 0. The summed E-state index contributed by atoms with van der Waals surface area (Å²) in [5.74, 6) is 1.79. The van der Waals surface area contributed by atoms with Crippen molar-refractivity contribution in [3.63, 3.8) is 0 Å². The van der Waals surface area contributed by atoms with Crippen molar-refractivity contribution < 1.29 is 4.74 Å². The average molecular weight is 224 g/mol. The molecule has 82 valence electrons. The van der Waals surface area contributed by atoms with Crippen molar-refractivity contribution in [3.05, 3.63) is 23.9 Å². The molecule has 0 spiro atoms. The summed E-state index contributed by atoms with van der Waals surface area (Å²) in [6, 6.07) is 5.89. The summed E-state index contributed by atoms with van der Waals surface area (Å²) in [7, 11) is 1.64. The third-order valence-electron chi connectivity index (χ3n) is 2.36. The molecule has 2 rings (SSSR count). The molecule has 0 bridgehead atoms. The number of nitrogens with zero attached hydrogens (tertiary/aromatic N) is 1. The van der Waals surface area contributed by atoms with Crippen molar-refractivity contribution in [3.8, 4) is 5.88 Å². The first-order valence-electron chi connectivity index (χ1n) is 5.01. The lowest BCUT2D eigenvalue weighted by Crippen LogP contribution is -2.36. The summed E-state index contributed by atoms with van der Waals surface area (Å²) in [5, 5.41) is 3.83. The van der Waals surface area contributed by atoms with Gasteiger partial charge in [-0.25, -0.2) is 4.98 Å². The van der Waals surface area contributed by atoms with Gasteiger partial charge in [0.2, 0.25) is 5.88 Å². The van der Waals surface area contributed by atoms with Crippen molar-refractivity contribution in [2.75, 3.05) is 12.9 Å². The number of hydrogen-bond donors (Lipinski definition) is 1. The lowest BCUT2D eigenvalue weighted by atomic mass is 10.1. The molecule has 1 aliphatic rings. The van der Waals surface area contributed by atoms with E-state index in [4.69, 9.17) is 4.74 Å². The molecule has 4 heteroatoms. The first-order valence-corrected chi connectivity index (χ1v) is 6.06. The molecule has 1 fully saturated rings. The fourth-order valence-corrected chi connectivity index (χ4v) is 2.95. The molecule has 1 N–H and O–H groups in total. The van der Waals surface area contributed by atoms with Crippen LogP contribution in [0.25, 0.3) is 0 Å². The third kappa shape index (κ3) is 2.44. The Morgan fingerprint density at radius 2 is 2.33 bits per heavy atom. The van der Waals surface area contributed by atoms with Crippen LogP contribution >= 0.6 is 11.8 Å². The van der Waals surface area contributed by atoms with Crippen LogP contribution in [0.1, 0.15) is 24.9 Å². The number of nitrogens with one attached hydrogen (secondary N) is 1. The van der Waals surface area contributed by atoms with E-state index >= 15 is 0 Å². The van der Waals surface area contributed by atoms with Crippen LogP contribution in [0.4, 0.5) is 0 Å². The summed E-state index contributed by atoms with van der Waals surface area (Å²) < 4.78 is 5.12. The second-order valence-electron chi connectivity index (χ2n) is 4.32. The Balaban J connectivity index is 2.16. The number of methoxy groups -OCH3 is 1. The normalized spacial score (nSPS) is 24.1. The van der Waals surface area contributed by atoms with Gasteiger partial charge >= 0.3 is 0 Å². The smallest absolute Gasteiger partial charge is 0.213 e. The van der Waals surface area contributed by atoms with Crippen molar-refractivity contribution in [2.45, 2.75) is 24.8 Å². The van der Waals surface area contributed by atoms with Gasteiger partial charge in [-0.2, -0.15) is 0 Å². The van der Waals surface area contributed by atoms with Crippen LogP contribution in [0.3, 0.4) is 0 Å². The Hall–Kier alpha value is -0.740. The van der Waals surface area contributed by atoms with Gasteiger partial charge in [-0.1, -0.05) is 6.07 Å². The molecule has 3 nitrogen and oxygen atoms in total. The minimum absolute atomic E-state index is 0.195. The Morgan fingerprint density at radius 1 is 1.53 bits per heavy atom.